The van der Waals surface area contributed by atoms with Crippen LogP contribution in [-0.2, 0) is 6.54 Å². The summed E-state index contributed by atoms with van der Waals surface area (Å²) >= 11 is 0. The molecule has 0 saturated carbocycles. The van der Waals surface area contributed by atoms with Crippen LogP contribution >= 0.6 is 0 Å². The zero-order chi connectivity index (χ0) is 12.1. The lowest BCUT2D eigenvalue weighted by molar-refractivity contribution is 0.174. The van der Waals surface area contributed by atoms with Gasteiger partial charge in [0.1, 0.15) is 6.26 Å². The summed E-state index contributed by atoms with van der Waals surface area (Å²) in [6.45, 7) is 3.11. The highest BCUT2D eigenvalue weighted by Gasteiger charge is 2.07. The molecule has 1 atom stereocenters. The van der Waals surface area contributed by atoms with Crippen molar-refractivity contribution in [2.45, 2.75) is 19.6 Å². The SMILES string of the molecule is Cc1cccc(C(O)CNCc2ccon2)c1. The highest BCUT2D eigenvalue weighted by Crippen LogP contribution is 2.13. The van der Waals surface area contributed by atoms with Gasteiger partial charge in [-0.2, -0.15) is 0 Å². The molecule has 4 nitrogen and oxygen atoms in total. The normalized spacial score (nSPS) is 12.6. The summed E-state index contributed by atoms with van der Waals surface area (Å²) in [5.41, 5.74) is 2.91. The van der Waals surface area contributed by atoms with Gasteiger partial charge in [0.15, 0.2) is 0 Å². The first-order chi connectivity index (χ1) is 8.25. The summed E-state index contributed by atoms with van der Waals surface area (Å²) in [7, 11) is 0. The zero-order valence-corrected chi connectivity index (χ0v) is 9.76. The van der Waals surface area contributed by atoms with Crippen molar-refractivity contribution < 1.29 is 9.63 Å². The molecule has 0 radical (unpaired) electrons. The van der Waals surface area contributed by atoms with Gasteiger partial charge in [-0.1, -0.05) is 35.0 Å². The van der Waals surface area contributed by atoms with Crippen LogP contribution in [0.5, 0.6) is 0 Å². The van der Waals surface area contributed by atoms with Crippen LogP contribution in [0.15, 0.2) is 41.1 Å². The van der Waals surface area contributed by atoms with Gasteiger partial charge in [0, 0.05) is 19.2 Å². The second-order valence-corrected chi connectivity index (χ2v) is 4.05. The maximum absolute atomic E-state index is 9.97. The first-order valence-corrected chi connectivity index (χ1v) is 5.60. The number of rotatable bonds is 5. The second kappa shape index (κ2) is 5.61. The smallest absolute Gasteiger partial charge is 0.124 e. The quantitative estimate of drug-likeness (QED) is 0.825. The van der Waals surface area contributed by atoms with E-state index in [1.807, 2.05) is 31.2 Å². The summed E-state index contributed by atoms with van der Waals surface area (Å²) < 4.78 is 4.72. The van der Waals surface area contributed by atoms with Crippen LogP contribution in [0.1, 0.15) is 22.9 Å². The molecule has 0 bridgehead atoms. The molecule has 0 amide bonds. The summed E-state index contributed by atoms with van der Waals surface area (Å²) in [5.74, 6) is 0. The van der Waals surface area contributed by atoms with Gasteiger partial charge in [0.25, 0.3) is 0 Å². The molecule has 0 spiro atoms. The van der Waals surface area contributed by atoms with E-state index in [9.17, 15) is 5.11 Å². The zero-order valence-electron chi connectivity index (χ0n) is 9.76. The van der Waals surface area contributed by atoms with Crippen molar-refractivity contribution in [2.75, 3.05) is 6.54 Å². The topological polar surface area (TPSA) is 58.3 Å². The average Bonchev–Trinajstić information content (AvgIpc) is 2.82. The highest BCUT2D eigenvalue weighted by molar-refractivity contribution is 5.24. The van der Waals surface area contributed by atoms with Gasteiger partial charge in [-0.05, 0) is 12.5 Å². The molecule has 0 aliphatic heterocycles. The Morgan fingerprint density at radius 2 is 2.29 bits per heavy atom. The minimum absolute atomic E-state index is 0.496. The number of aryl methyl sites for hydroxylation is 1. The number of benzene rings is 1. The van der Waals surface area contributed by atoms with Crippen molar-refractivity contribution in [3.63, 3.8) is 0 Å². The molecule has 1 aromatic heterocycles. The van der Waals surface area contributed by atoms with Gasteiger partial charge < -0.3 is 14.9 Å². The van der Waals surface area contributed by atoms with E-state index in [1.54, 1.807) is 6.07 Å². The van der Waals surface area contributed by atoms with Crippen molar-refractivity contribution in [3.8, 4) is 0 Å². The number of hydrogen-bond donors (Lipinski definition) is 2. The van der Waals surface area contributed by atoms with Gasteiger partial charge in [-0.15, -0.1) is 0 Å². The number of aromatic nitrogens is 1. The van der Waals surface area contributed by atoms with Crippen molar-refractivity contribution in [1.82, 2.24) is 10.5 Å². The maximum atomic E-state index is 9.97. The van der Waals surface area contributed by atoms with E-state index in [4.69, 9.17) is 4.52 Å². The standard InChI is InChI=1S/C13H16N2O2/c1-10-3-2-4-11(7-10)13(16)9-14-8-12-5-6-17-15-12/h2-7,13-14,16H,8-9H2,1H3. The van der Waals surface area contributed by atoms with E-state index in [1.165, 1.54) is 6.26 Å². The lowest BCUT2D eigenvalue weighted by atomic mass is 10.1. The molecule has 0 fully saturated rings. The molecule has 0 aliphatic carbocycles. The molecular formula is C13H16N2O2. The van der Waals surface area contributed by atoms with Crippen molar-refractivity contribution in [3.05, 3.63) is 53.4 Å². The molecule has 1 heterocycles. The lowest BCUT2D eigenvalue weighted by Crippen LogP contribution is -2.21. The third kappa shape index (κ3) is 3.41. The minimum Gasteiger partial charge on any atom is -0.387 e. The van der Waals surface area contributed by atoms with Crippen LogP contribution in [0.25, 0.3) is 0 Å². The number of nitrogens with zero attached hydrogens (tertiary/aromatic N) is 1. The van der Waals surface area contributed by atoms with Gasteiger partial charge in [-0.25, -0.2) is 0 Å². The fourth-order valence-electron chi connectivity index (χ4n) is 1.66. The Bertz CT molecular complexity index is 454. The van der Waals surface area contributed by atoms with Crippen LogP contribution in [0.3, 0.4) is 0 Å². The molecule has 90 valence electrons. The average molecular weight is 232 g/mol. The Kier molecular flexibility index (Phi) is 3.90. The van der Waals surface area contributed by atoms with Crippen LogP contribution < -0.4 is 5.32 Å². The van der Waals surface area contributed by atoms with Crippen LogP contribution in [0, 0.1) is 6.92 Å². The first kappa shape index (κ1) is 11.8. The monoisotopic (exact) mass is 232 g/mol. The Labute approximate surface area is 100 Å². The predicted octanol–water partition coefficient (Wildman–Crippen LogP) is 1.81. The number of aliphatic hydroxyl groups excluding tert-OH is 1. The van der Waals surface area contributed by atoms with Crippen molar-refractivity contribution >= 4 is 0 Å². The number of aliphatic hydroxyl groups is 1. The van der Waals surface area contributed by atoms with Gasteiger partial charge in [0.05, 0.1) is 11.8 Å². The third-order valence-electron chi connectivity index (χ3n) is 2.56. The maximum Gasteiger partial charge on any atom is 0.124 e. The molecule has 1 aromatic carbocycles. The Morgan fingerprint density at radius 1 is 1.41 bits per heavy atom. The van der Waals surface area contributed by atoms with Gasteiger partial charge in [-0.3, -0.25) is 0 Å². The van der Waals surface area contributed by atoms with Crippen molar-refractivity contribution in [1.29, 1.82) is 0 Å². The van der Waals surface area contributed by atoms with Gasteiger partial charge >= 0.3 is 0 Å². The first-order valence-electron chi connectivity index (χ1n) is 5.60. The van der Waals surface area contributed by atoms with E-state index < -0.39 is 6.10 Å². The Balaban J connectivity index is 1.83. The molecule has 2 N–H and O–H groups in total. The fraction of sp³-hybridized carbons (Fsp3) is 0.308. The molecule has 2 aromatic rings. The molecule has 4 heteroatoms. The highest BCUT2D eigenvalue weighted by atomic mass is 16.5. The van der Waals surface area contributed by atoms with Crippen molar-refractivity contribution in [2.24, 2.45) is 0 Å². The Morgan fingerprint density at radius 3 is 3.00 bits per heavy atom. The molecule has 0 aliphatic rings. The van der Waals surface area contributed by atoms with E-state index in [-0.39, 0.29) is 0 Å². The molecular weight excluding hydrogens is 216 g/mol. The van der Waals surface area contributed by atoms with E-state index in [2.05, 4.69) is 10.5 Å². The molecule has 1 unspecified atom stereocenters. The number of hydrogen-bond acceptors (Lipinski definition) is 4. The van der Waals surface area contributed by atoms with Gasteiger partial charge in [0.2, 0.25) is 0 Å². The molecule has 2 rings (SSSR count). The largest absolute Gasteiger partial charge is 0.387 e. The van der Waals surface area contributed by atoms with Crippen LogP contribution in [0.2, 0.25) is 0 Å². The summed E-state index contributed by atoms with van der Waals surface area (Å²) in [6, 6.07) is 9.68. The second-order valence-electron chi connectivity index (χ2n) is 4.05. The predicted molar refractivity (Wildman–Crippen MR) is 64.3 cm³/mol. The summed E-state index contributed by atoms with van der Waals surface area (Å²) in [6.07, 6.45) is 1.04. The van der Waals surface area contributed by atoms with Crippen LogP contribution in [-0.4, -0.2) is 16.8 Å². The third-order valence-corrected chi connectivity index (χ3v) is 2.56. The fourth-order valence-corrected chi connectivity index (χ4v) is 1.66. The minimum atomic E-state index is -0.498. The molecule has 0 saturated heterocycles. The molecule has 17 heavy (non-hydrogen) atoms. The van der Waals surface area contributed by atoms with E-state index >= 15 is 0 Å². The summed E-state index contributed by atoms with van der Waals surface area (Å²) in [5, 5.41) is 16.9. The summed E-state index contributed by atoms with van der Waals surface area (Å²) in [4.78, 5) is 0. The van der Waals surface area contributed by atoms with E-state index in [0.717, 1.165) is 16.8 Å². The Hall–Kier alpha value is -1.65. The lowest BCUT2D eigenvalue weighted by Gasteiger charge is -2.12. The number of nitrogens with one attached hydrogen (secondary N) is 1. The van der Waals surface area contributed by atoms with Crippen LogP contribution in [0.4, 0.5) is 0 Å². The van der Waals surface area contributed by atoms with E-state index in [0.29, 0.717) is 13.1 Å².